The van der Waals surface area contributed by atoms with Crippen molar-refractivity contribution in [3.05, 3.63) is 28.2 Å². The van der Waals surface area contributed by atoms with Crippen LogP contribution in [0.15, 0.2) is 16.9 Å². The topological polar surface area (TPSA) is 142 Å². The summed E-state index contributed by atoms with van der Waals surface area (Å²) in [6, 6.07) is 2.53. The number of hydrogen-bond acceptors (Lipinski definition) is 6. The highest BCUT2D eigenvalue weighted by Gasteiger charge is 2.16. The number of rotatable bonds is 7. The fourth-order valence-corrected chi connectivity index (χ4v) is 1.61. The van der Waals surface area contributed by atoms with E-state index in [4.69, 9.17) is 4.74 Å². The minimum Gasteiger partial charge on any atom is -0.444 e. The Hall–Kier alpha value is -2.91. The number of aromatic amines is 1. The van der Waals surface area contributed by atoms with Crippen LogP contribution >= 0.6 is 0 Å². The zero-order valence-corrected chi connectivity index (χ0v) is 14.5. The Morgan fingerprint density at radius 3 is 2.40 bits per heavy atom. The van der Waals surface area contributed by atoms with Crippen molar-refractivity contribution < 1.29 is 19.1 Å². The Bertz CT molecular complexity index is 645. The van der Waals surface area contributed by atoms with Crippen molar-refractivity contribution in [2.75, 3.05) is 19.6 Å². The van der Waals surface area contributed by atoms with Crippen LogP contribution in [0, 0.1) is 0 Å². The molecule has 0 fully saturated rings. The first-order valence-corrected chi connectivity index (χ1v) is 7.75. The van der Waals surface area contributed by atoms with Crippen molar-refractivity contribution >= 4 is 17.9 Å². The molecule has 1 heterocycles. The zero-order chi connectivity index (χ0) is 18.9. The SMILES string of the molecule is CC(C)(C)OC(=O)NCC(=O)NCCCNC(=O)c1ccc(=O)[nH]n1. The van der Waals surface area contributed by atoms with Crippen molar-refractivity contribution in [1.82, 2.24) is 26.1 Å². The molecule has 0 spiro atoms. The fourth-order valence-electron chi connectivity index (χ4n) is 1.61. The smallest absolute Gasteiger partial charge is 0.408 e. The molecule has 0 aliphatic heterocycles. The summed E-state index contributed by atoms with van der Waals surface area (Å²) in [5.74, 6) is -0.784. The third-order valence-electron chi connectivity index (χ3n) is 2.67. The lowest BCUT2D eigenvalue weighted by atomic mass is 10.2. The highest BCUT2D eigenvalue weighted by Crippen LogP contribution is 2.05. The summed E-state index contributed by atoms with van der Waals surface area (Å²) < 4.78 is 5.00. The van der Waals surface area contributed by atoms with Gasteiger partial charge in [-0.2, -0.15) is 5.10 Å². The Balaban J connectivity index is 2.13. The number of carbonyl (C=O) groups excluding carboxylic acids is 3. The average molecular weight is 353 g/mol. The van der Waals surface area contributed by atoms with E-state index in [-0.39, 0.29) is 23.7 Å². The maximum atomic E-state index is 11.7. The summed E-state index contributed by atoms with van der Waals surface area (Å²) in [6.07, 6.45) is -0.170. The maximum absolute atomic E-state index is 11.7. The van der Waals surface area contributed by atoms with Gasteiger partial charge < -0.3 is 20.7 Å². The van der Waals surface area contributed by atoms with Crippen LogP contribution in [-0.2, 0) is 9.53 Å². The van der Waals surface area contributed by atoms with Gasteiger partial charge in [-0.15, -0.1) is 0 Å². The Kier molecular flexibility index (Phi) is 7.57. The van der Waals surface area contributed by atoms with Crippen LogP contribution < -0.4 is 21.5 Å². The molecule has 10 heteroatoms. The van der Waals surface area contributed by atoms with E-state index >= 15 is 0 Å². The molecule has 25 heavy (non-hydrogen) atoms. The van der Waals surface area contributed by atoms with Crippen LogP contribution in [-0.4, -0.2) is 53.3 Å². The van der Waals surface area contributed by atoms with Gasteiger partial charge in [0.05, 0.1) is 6.54 Å². The highest BCUT2D eigenvalue weighted by molar-refractivity contribution is 5.91. The summed E-state index contributed by atoms with van der Waals surface area (Å²) in [7, 11) is 0. The number of nitrogens with zero attached hydrogens (tertiary/aromatic N) is 1. The van der Waals surface area contributed by atoms with Crippen LogP contribution in [0.25, 0.3) is 0 Å². The minimum absolute atomic E-state index is 0.102. The second-order valence-corrected chi connectivity index (χ2v) is 6.12. The second-order valence-electron chi connectivity index (χ2n) is 6.12. The lowest BCUT2D eigenvalue weighted by Gasteiger charge is -2.19. The van der Waals surface area contributed by atoms with Gasteiger partial charge in [-0.05, 0) is 33.3 Å². The van der Waals surface area contributed by atoms with Gasteiger partial charge in [-0.3, -0.25) is 14.4 Å². The van der Waals surface area contributed by atoms with Crippen LogP contribution in [0.2, 0.25) is 0 Å². The third-order valence-corrected chi connectivity index (χ3v) is 2.67. The first-order valence-electron chi connectivity index (χ1n) is 7.75. The van der Waals surface area contributed by atoms with Crippen molar-refractivity contribution in [1.29, 1.82) is 0 Å². The number of alkyl carbamates (subject to hydrolysis) is 1. The van der Waals surface area contributed by atoms with E-state index in [1.54, 1.807) is 20.8 Å². The minimum atomic E-state index is -0.664. The summed E-state index contributed by atoms with van der Waals surface area (Å²) in [4.78, 5) is 45.5. The van der Waals surface area contributed by atoms with E-state index in [1.807, 2.05) is 0 Å². The lowest BCUT2D eigenvalue weighted by Crippen LogP contribution is -2.40. The number of hydrogen-bond donors (Lipinski definition) is 4. The van der Waals surface area contributed by atoms with E-state index < -0.39 is 17.6 Å². The Morgan fingerprint density at radius 1 is 1.12 bits per heavy atom. The molecule has 0 radical (unpaired) electrons. The van der Waals surface area contributed by atoms with Gasteiger partial charge in [0.2, 0.25) is 5.91 Å². The normalized spacial score (nSPS) is 10.7. The molecule has 0 saturated carbocycles. The Labute approximate surface area is 144 Å². The summed E-state index contributed by atoms with van der Waals surface area (Å²) in [5.41, 5.74) is -0.913. The molecule has 0 unspecified atom stereocenters. The van der Waals surface area contributed by atoms with Gasteiger partial charge in [0.1, 0.15) is 11.3 Å². The first kappa shape index (κ1) is 20.1. The number of aromatic nitrogens is 2. The monoisotopic (exact) mass is 353 g/mol. The van der Waals surface area contributed by atoms with E-state index in [0.29, 0.717) is 19.5 Å². The van der Waals surface area contributed by atoms with Crippen LogP contribution in [0.3, 0.4) is 0 Å². The van der Waals surface area contributed by atoms with Gasteiger partial charge in [0.25, 0.3) is 11.5 Å². The van der Waals surface area contributed by atoms with Crippen LogP contribution in [0.4, 0.5) is 4.79 Å². The molecule has 10 nitrogen and oxygen atoms in total. The largest absolute Gasteiger partial charge is 0.444 e. The molecule has 4 N–H and O–H groups in total. The molecular weight excluding hydrogens is 330 g/mol. The molecule has 1 aromatic rings. The molecule has 0 aliphatic rings. The molecule has 138 valence electrons. The van der Waals surface area contributed by atoms with E-state index in [1.165, 1.54) is 12.1 Å². The van der Waals surface area contributed by atoms with Crippen LogP contribution in [0.1, 0.15) is 37.7 Å². The first-order chi connectivity index (χ1) is 11.7. The van der Waals surface area contributed by atoms with Gasteiger partial charge in [-0.1, -0.05) is 0 Å². The molecule has 3 amide bonds. The summed E-state index contributed by atoms with van der Waals surface area (Å²) in [6.45, 7) is 5.63. The molecule has 0 saturated heterocycles. The molecule has 0 aliphatic carbocycles. The molecule has 1 rings (SSSR count). The molecule has 0 bridgehead atoms. The van der Waals surface area contributed by atoms with E-state index in [2.05, 4.69) is 26.1 Å². The van der Waals surface area contributed by atoms with Gasteiger partial charge >= 0.3 is 6.09 Å². The molecule has 1 aromatic heterocycles. The maximum Gasteiger partial charge on any atom is 0.408 e. The molecule has 0 atom stereocenters. The van der Waals surface area contributed by atoms with Crippen molar-refractivity contribution in [3.63, 3.8) is 0 Å². The van der Waals surface area contributed by atoms with Crippen molar-refractivity contribution in [2.45, 2.75) is 32.8 Å². The standard InChI is InChI=1S/C15H23N5O5/c1-15(2,3)25-14(24)18-9-12(22)16-7-4-8-17-13(23)10-5-6-11(21)20-19-10/h5-6H,4,7-9H2,1-3H3,(H,16,22)(H,17,23)(H,18,24)(H,20,21). The number of carbonyl (C=O) groups is 3. The van der Waals surface area contributed by atoms with Crippen molar-refractivity contribution in [3.8, 4) is 0 Å². The number of amides is 3. The highest BCUT2D eigenvalue weighted by atomic mass is 16.6. The Morgan fingerprint density at radius 2 is 1.80 bits per heavy atom. The quantitative estimate of drug-likeness (QED) is 0.488. The summed E-state index contributed by atoms with van der Waals surface area (Å²) in [5, 5.41) is 13.3. The second kappa shape index (κ2) is 9.40. The van der Waals surface area contributed by atoms with Gasteiger partial charge in [-0.25, -0.2) is 9.89 Å². The summed E-state index contributed by atoms with van der Waals surface area (Å²) >= 11 is 0. The van der Waals surface area contributed by atoms with Crippen LogP contribution in [0.5, 0.6) is 0 Å². The van der Waals surface area contributed by atoms with E-state index in [9.17, 15) is 19.2 Å². The molecule has 0 aromatic carbocycles. The fraction of sp³-hybridized carbons (Fsp3) is 0.533. The van der Waals surface area contributed by atoms with E-state index in [0.717, 1.165) is 0 Å². The van der Waals surface area contributed by atoms with Crippen molar-refractivity contribution in [2.24, 2.45) is 0 Å². The average Bonchev–Trinajstić information content (AvgIpc) is 2.51. The number of ether oxygens (including phenoxy) is 1. The number of nitrogens with one attached hydrogen (secondary N) is 4. The lowest BCUT2D eigenvalue weighted by molar-refractivity contribution is -0.120. The van der Waals surface area contributed by atoms with Gasteiger partial charge in [0, 0.05) is 19.2 Å². The predicted molar refractivity (Wildman–Crippen MR) is 89.1 cm³/mol. The zero-order valence-electron chi connectivity index (χ0n) is 14.5. The predicted octanol–water partition coefficient (Wildman–Crippen LogP) is -0.469. The molecular formula is C15H23N5O5. The number of H-pyrrole nitrogens is 1. The third kappa shape index (κ3) is 9.08. The van der Waals surface area contributed by atoms with Gasteiger partial charge in [0.15, 0.2) is 0 Å².